The smallest absolute Gasteiger partial charge is 0.312 e. The van der Waals surface area contributed by atoms with Gasteiger partial charge in [0.25, 0.3) is 0 Å². The fourth-order valence-corrected chi connectivity index (χ4v) is 6.06. The van der Waals surface area contributed by atoms with E-state index < -0.39 is 47.1 Å². The molecule has 3 rings (SSSR count). The van der Waals surface area contributed by atoms with Gasteiger partial charge in [-0.05, 0) is 46.0 Å². The third-order valence-corrected chi connectivity index (χ3v) is 7.32. The third kappa shape index (κ3) is 4.31. The standard InChI is InChI=1S/C26H40N2O6/c1-8-12-27(25(5,6)7)23(31)21-26-11-10-18(34-26)19(24(32)33-13-9-2)20(26)22(30)28(21)17(15-29)14-16(3)4/h8-9,16-21,29H,1-2,10-15H2,3-7H3/t17-,18-,19+,20+,21?,26?/m1/s1. The molecule has 0 saturated carbocycles. The van der Waals surface area contributed by atoms with E-state index in [0.29, 0.717) is 25.8 Å². The van der Waals surface area contributed by atoms with Crippen LogP contribution in [0.3, 0.4) is 0 Å². The molecule has 1 N–H and O–H groups in total. The van der Waals surface area contributed by atoms with Crippen LogP contribution in [0.1, 0.15) is 53.9 Å². The molecular weight excluding hydrogens is 436 g/mol. The van der Waals surface area contributed by atoms with E-state index in [1.807, 2.05) is 34.6 Å². The average molecular weight is 477 g/mol. The van der Waals surface area contributed by atoms with E-state index in [4.69, 9.17) is 9.47 Å². The van der Waals surface area contributed by atoms with Crippen LogP contribution in [-0.2, 0) is 23.9 Å². The molecule has 8 nitrogen and oxygen atoms in total. The molecule has 0 aromatic heterocycles. The molecule has 2 bridgehead atoms. The van der Waals surface area contributed by atoms with E-state index in [1.54, 1.807) is 11.0 Å². The summed E-state index contributed by atoms with van der Waals surface area (Å²) in [6, 6.07) is -1.48. The number of hydrogen-bond acceptors (Lipinski definition) is 6. The van der Waals surface area contributed by atoms with E-state index in [-0.39, 0.29) is 30.9 Å². The van der Waals surface area contributed by atoms with E-state index >= 15 is 0 Å². The first-order valence-corrected chi connectivity index (χ1v) is 12.2. The highest BCUT2D eigenvalue weighted by atomic mass is 16.6. The summed E-state index contributed by atoms with van der Waals surface area (Å²) in [6.45, 7) is 17.3. The topological polar surface area (TPSA) is 96.4 Å². The van der Waals surface area contributed by atoms with Crippen molar-refractivity contribution < 1.29 is 29.0 Å². The van der Waals surface area contributed by atoms with Crippen LogP contribution in [0, 0.1) is 17.8 Å². The van der Waals surface area contributed by atoms with Crippen molar-refractivity contribution in [2.24, 2.45) is 17.8 Å². The summed E-state index contributed by atoms with van der Waals surface area (Å²) >= 11 is 0. The van der Waals surface area contributed by atoms with E-state index in [2.05, 4.69) is 13.2 Å². The largest absolute Gasteiger partial charge is 0.461 e. The maximum Gasteiger partial charge on any atom is 0.312 e. The Bertz CT molecular complexity index is 834. The minimum absolute atomic E-state index is 0.0474. The molecule has 0 radical (unpaired) electrons. The normalized spacial score (nSPS) is 30.9. The lowest BCUT2D eigenvalue weighted by molar-refractivity contribution is -0.157. The van der Waals surface area contributed by atoms with Crippen LogP contribution >= 0.6 is 0 Å². The Morgan fingerprint density at radius 2 is 2.00 bits per heavy atom. The molecule has 2 amide bonds. The molecule has 1 spiro atoms. The van der Waals surface area contributed by atoms with Crippen molar-refractivity contribution in [2.45, 2.75) is 83.2 Å². The van der Waals surface area contributed by atoms with Crippen LogP contribution in [-0.4, -0.2) is 81.8 Å². The number of carbonyl (C=O) groups excluding carboxylic acids is 3. The van der Waals surface area contributed by atoms with Crippen molar-refractivity contribution in [2.75, 3.05) is 19.8 Å². The molecule has 0 aromatic rings. The average Bonchev–Trinajstić information content (AvgIpc) is 3.40. The van der Waals surface area contributed by atoms with Crippen LogP contribution in [0.15, 0.2) is 25.3 Å². The summed E-state index contributed by atoms with van der Waals surface area (Å²) in [6.07, 6.45) is 4.28. The second kappa shape index (κ2) is 9.82. The first kappa shape index (κ1) is 26.4. The van der Waals surface area contributed by atoms with Crippen LogP contribution in [0.25, 0.3) is 0 Å². The number of carbonyl (C=O) groups is 3. The van der Waals surface area contributed by atoms with Gasteiger partial charge in [0.2, 0.25) is 11.8 Å². The molecule has 0 aliphatic carbocycles. The Hall–Kier alpha value is -2.19. The molecule has 0 aromatic carbocycles. The van der Waals surface area contributed by atoms with Crippen molar-refractivity contribution >= 4 is 17.8 Å². The van der Waals surface area contributed by atoms with Crippen LogP contribution < -0.4 is 0 Å². The summed E-state index contributed by atoms with van der Waals surface area (Å²) in [7, 11) is 0. The second-order valence-corrected chi connectivity index (χ2v) is 11.1. The van der Waals surface area contributed by atoms with Gasteiger partial charge in [-0.3, -0.25) is 14.4 Å². The SMILES string of the molecule is C=CCOC(=O)[C@@H]1[C@H]2C(=O)N([C@@H](CO)CC(C)C)C(C(=O)N(CC=C)C(C)(C)C)C23CC[C@H]1O3. The second-order valence-electron chi connectivity index (χ2n) is 11.1. The molecule has 8 heteroatoms. The number of esters is 1. The fourth-order valence-electron chi connectivity index (χ4n) is 6.06. The van der Waals surface area contributed by atoms with Crippen LogP contribution in [0.4, 0.5) is 0 Å². The van der Waals surface area contributed by atoms with Gasteiger partial charge in [0, 0.05) is 12.1 Å². The zero-order chi connectivity index (χ0) is 25.4. The van der Waals surface area contributed by atoms with Gasteiger partial charge in [-0.2, -0.15) is 0 Å². The number of fused-ring (bicyclic) bond motifs is 1. The van der Waals surface area contributed by atoms with E-state index in [0.717, 1.165) is 0 Å². The number of hydrogen-bond donors (Lipinski definition) is 1. The number of rotatable bonds is 10. The Morgan fingerprint density at radius 1 is 1.32 bits per heavy atom. The van der Waals surface area contributed by atoms with Crippen molar-refractivity contribution in [1.82, 2.24) is 9.80 Å². The Kier molecular flexibility index (Phi) is 7.63. The Labute approximate surface area is 202 Å². The molecule has 6 atom stereocenters. The van der Waals surface area contributed by atoms with Crippen molar-refractivity contribution in [3.05, 3.63) is 25.3 Å². The molecule has 2 unspecified atom stereocenters. The summed E-state index contributed by atoms with van der Waals surface area (Å²) < 4.78 is 11.8. The summed E-state index contributed by atoms with van der Waals surface area (Å²) in [5.74, 6) is -2.46. The zero-order valence-corrected chi connectivity index (χ0v) is 21.2. The minimum Gasteiger partial charge on any atom is -0.461 e. The molecule has 3 aliphatic heterocycles. The predicted molar refractivity (Wildman–Crippen MR) is 128 cm³/mol. The van der Waals surface area contributed by atoms with Gasteiger partial charge >= 0.3 is 5.97 Å². The highest BCUT2D eigenvalue weighted by molar-refractivity contribution is 5.98. The van der Waals surface area contributed by atoms with Crippen molar-refractivity contribution in [3.8, 4) is 0 Å². The molecule has 3 heterocycles. The molecule has 34 heavy (non-hydrogen) atoms. The van der Waals surface area contributed by atoms with Crippen LogP contribution in [0.5, 0.6) is 0 Å². The number of aliphatic hydroxyl groups excluding tert-OH is 1. The first-order chi connectivity index (χ1) is 15.9. The molecule has 3 fully saturated rings. The lowest BCUT2D eigenvalue weighted by Gasteiger charge is -2.43. The highest BCUT2D eigenvalue weighted by Crippen LogP contribution is 2.59. The van der Waals surface area contributed by atoms with Gasteiger partial charge in [-0.15, -0.1) is 6.58 Å². The monoisotopic (exact) mass is 476 g/mol. The summed E-state index contributed by atoms with van der Waals surface area (Å²) in [5.41, 5.74) is -1.65. The number of aliphatic hydroxyl groups is 1. The highest BCUT2D eigenvalue weighted by Gasteiger charge is 2.75. The number of nitrogens with zero attached hydrogens (tertiary/aromatic N) is 2. The van der Waals surface area contributed by atoms with Crippen molar-refractivity contribution in [3.63, 3.8) is 0 Å². The third-order valence-electron chi connectivity index (χ3n) is 7.32. The molecule has 190 valence electrons. The zero-order valence-electron chi connectivity index (χ0n) is 21.2. The minimum atomic E-state index is -1.12. The van der Waals surface area contributed by atoms with E-state index in [9.17, 15) is 19.5 Å². The lowest BCUT2D eigenvalue weighted by atomic mass is 9.70. The molecule has 3 aliphatic rings. The van der Waals surface area contributed by atoms with Crippen LogP contribution in [0.2, 0.25) is 0 Å². The van der Waals surface area contributed by atoms with E-state index in [1.165, 1.54) is 11.0 Å². The maximum absolute atomic E-state index is 14.2. The maximum atomic E-state index is 14.2. The molecule has 3 saturated heterocycles. The molecular formula is C26H40N2O6. The number of likely N-dealkylation sites (tertiary alicyclic amines) is 1. The van der Waals surface area contributed by atoms with Crippen molar-refractivity contribution in [1.29, 1.82) is 0 Å². The number of ether oxygens (including phenoxy) is 2. The van der Waals surface area contributed by atoms with Gasteiger partial charge < -0.3 is 24.4 Å². The number of amides is 2. The lowest BCUT2D eigenvalue weighted by Crippen LogP contribution is -2.61. The van der Waals surface area contributed by atoms with Gasteiger partial charge in [-0.25, -0.2) is 0 Å². The van der Waals surface area contributed by atoms with Gasteiger partial charge in [0.05, 0.1) is 30.6 Å². The summed E-state index contributed by atoms with van der Waals surface area (Å²) in [4.78, 5) is 44.4. The fraction of sp³-hybridized carbons (Fsp3) is 0.731. The van der Waals surface area contributed by atoms with Gasteiger partial charge in [0.1, 0.15) is 18.2 Å². The Morgan fingerprint density at radius 3 is 2.53 bits per heavy atom. The Balaban J connectivity index is 2.11. The van der Waals surface area contributed by atoms with Gasteiger partial charge in [-0.1, -0.05) is 32.6 Å². The van der Waals surface area contributed by atoms with Gasteiger partial charge in [0.15, 0.2) is 0 Å². The summed E-state index contributed by atoms with van der Waals surface area (Å²) in [5, 5.41) is 10.3. The predicted octanol–water partition coefficient (Wildman–Crippen LogP) is 2.31. The first-order valence-electron chi connectivity index (χ1n) is 12.2. The quantitative estimate of drug-likeness (QED) is 0.384.